The molecule has 0 unspecified atom stereocenters. The van der Waals surface area contributed by atoms with Crippen LogP contribution in [0.5, 0.6) is 11.5 Å². The summed E-state index contributed by atoms with van der Waals surface area (Å²) in [7, 11) is 3.32. The second kappa shape index (κ2) is 6.93. The van der Waals surface area contributed by atoms with Crippen molar-refractivity contribution in [1.29, 1.82) is 0 Å². The van der Waals surface area contributed by atoms with E-state index in [9.17, 15) is 4.79 Å². The van der Waals surface area contributed by atoms with E-state index in [4.69, 9.17) is 14.2 Å². The topological polar surface area (TPSA) is 48.0 Å². The maximum atomic E-state index is 12.6. The van der Waals surface area contributed by atoms with E-state index >= 15 is 0 Å². The minimum atomic E-state index is -0.334. The Balaban J connectivity index is 1.59. The van der Waals surface area contributed by atoms with E-state index in [1.54, 1.807) is 14.2 Å². The van der Waals surface area contributed by atoms with Crippen LogP contribution in [0.3, 0.4) is 0 Å². The third kappa shape index (κ3) is 2.87. The third-order valence-electron chi connectivity index (χ3n) is 5.44. The van der Waals surface area contributed by atoms with Gasteiger partial charge < -0.3 is 19.1 Å². The van der Waals surface area contributed by atoms with Crippen molar-refractivity contribution in [2.75, 3.05) is 33.9 Å². The fourth-order valence-electron chi connectivity index (χ4n) is 4.03. The van der Waals surface area contributed by atoms with Crippen LogP contribution in [-0.2, 0) is 16.8 Å². The van der Waals surface area contributed by atoms with Crippen molar-refractivity contribution >= 4 is 17.2 Å². The average Bonchev–Trinajstić information content (AvgIpc) is 3.22. The van der Waals surface area contributed by atoms with Crippen molar-refractivity contribution < 1.29 is 19.0 Å². The van der Waals surface area contributed by atoms with Crippen molar-refractivity contribution in [2.24, 2.45) is 0 Å². The van der Waals surface area contributed by atoms with Crippen molar-refractivity contribution in [2.45, 2.75) is 24.9 Å². The lowest BCUT2D eigenvalue weighted by Gasteiger charge is -2.45. The fraction of sp³-hybridized carbons (Fsp3) is 0.450. The lowest BCUT2D eigenvalue weighted by atomic mass is 9.79. The van der Waals surface area contributed by atoms with Crippen LogP contribution in [0, 0.1) is 0 Å². The van der Waals surface area contributed by atoms with Crippen molar-refractivity contribution in [3.05, 3.63) is 45.6 Å². The molecule has 0 saturated carbocycles. The number of rotatable bonds is 3. The quantitative estimate of drug-likeness (QED) is 0.827. The highest BCUT2D eigenvalue weighted by Gasteiger charge is 2.42. The first-order chi connectivity index (χ1) is 12.7. The Kier molecular flexibility index (Phi) is 4.63. The fourth-order valence-corrected chi connectivity index (χ4v) is 4.72. The normalized spacial score (nSPS) is 18.5. The second-order valence-electron chi connectivity index (χ2n) is 6.73. The van der Waals surface area contributed by atoms with E-state index < -0.39 is 0 Å². The van der Waals surface area contributed by atoms with E-state index in [0.717, 1.165) is 35.6 Å². The Morgan fingerprint density at radius 2 is 1.92 bits per heavy atom. The number of hydrogen-bond donors (Lipinski definition) is 0. The molecule has 2 aliphatic rings. The molecule has 0 N–H and O–H groups in total. The molecule has 1 aromatic heterocycles. The Morgan fingerprint density at radius 3 is 2.58 bits per heavy atom. The molecule has 6 heteroatoms. The van der Waals surface area contributed by atoms with Gasteiger partial charge in [0, 0.05) is 13.1 Å². The molecule has 5 nitrogen and oxygen atoms in total. The van der Waals surface area contributed by atoms with Crippen LogP contribution in [0.25, 0.3) is 0 Å². The Bertz CT molecular complexity index is 794. The number of fused-ring (bicyclic) bond motifs is 2. The molecule has 1 aromatic carbocycles. The average molecular weight is 373 g/mol. The van der Waals surface area contributed by atoms with Gasteiger partial charge in [-0.3, -0.25) is 4.79 Å². The summed E-state index contributed by atoms with van der Waals surface area (Å²) in [6.07, 6.45) is 2.47. The molecule has 0 atom stereocenters. The number of thiophene rings is 1. The number of piperidine rings is 1. The van der Waals surface area contributed by atoms with Crippen molar-refractivity contribution in [3.63, 3.8) is 0 Å². The van der Waals surface area contributed by atoms with Gasteiger partial charge in [0.05, 0.1) is 31.3 Å². The smallest absolute Gasteiger partial charge is 0.263 e. The van der Waals surface area contributed by atoms with Gasteiger partial charge in [0.25, 0.3) is 5.91 Å². The summed E-state index contributed by atoms with van der Waals surface area (Å²) in [5.74, 6) is 1.61. The number of ether oxygens (including phenoxy) is 3. The SMILES string of the molecule is COc1cc2c(cc1OC)C1(CCN(C(=O)c3cccs3)CC1)OCC2. The minimum absolute atomic E-state index is 0.123. The number of carbonyl (C=O) groups is 1. The summed E-state index contributed by atoms with van der Waals surface area (Å²) in [4.78, 5) is 15.4. The van der Waals surface area contributed by atoms with Crippen LogP contribution in [0.15, 0.2) is 29.6 Å². The molecule has 2 aromatic rings. The second-order valence-corrected chi connectivity index (χ2v) is 7.67. The first-order valence-electron chi connectivity index (χ1n) is 8.89. The standard InChI is InChI=1S/C20H23NO4S/c1-23-16-12-14-5-10-25-20(15(14)13-17(16)24-2)6-8-21(9-7-20)19(22)18-4-3-11-26-18/h3-4,11-13H,5-10H2,1-2H3. The number of nitrogens with zero attached hydrogens (tertiary/aromatic N) is 1. The highest BCUT2D eigenvalue weighted by atomic mass is 32.1. The van der Waals surface area contributed by atoms with Gasteiger partial charge in [0.15, 0.2) is 11.5 Å². The molecular formula is C20H23NO4S. The summed E-state index contributed by atoms with van der Waals surface area (Å²) >= 11 is 1.50. The third-order valence-corrected chi connectivity index (χ3v) is 6.30. The predicted octanol–water partition coefficient (Wildman–Crippen LogP) is 3.47. The largest absolute Gasteiger partial charge is 0.493 e. The molecule has 0 aliphatic carbocycles. The zero-order chi connectivity index (χ0) is 18.1. The molecule has 2 aliphatic heterocycles. The molecule has 1 amide bonds. The van der Waals surface area contributed by atoms with Crippen LogP contribution in [-0.4, -0.2) is 44.7 Å². The van der Waals surface area contributed by atoms with Gasteiger partial charge in [-0.1, -0.05) is 6.07 Å². The van der Waals surface area contributed by atoms with Gasteiger partial charge in [-0.05, 0) is 54.0 Å². The summed E-state index contributed by atoms with van der Waals surface area (Å²) in [5.41, 5.74) is 2.11. The van der Waals surface area contributed by atoms with E-state index in [2.05, 4.69) is 12.1 Å². The molecule has 1 saturated heterocycles. The molecular weight excluding hydrogens is 350 g/mol. The molecule has 0 radical (unpaired) electrons. The summed E-state index contributed by atoms with van der Waals surface area (Å²) < 4.78 is 17.2. The summed E-state index contributed by atoms with van der Waals surface area (Å²) in [6, 6.07) is 7.94. The van der Waals surface area contributed by atoms with Gasteiger partial charge in [0.2, 0.25) is 0 Å². The van der Waals surface area contributed by atoms with Crippen LogP contribution >= 0.6 is 11.3 Å². The molecule has 138 valence electrons. The van der Waals surface area contributed by atoms with E-state index in [1.165, 1.54) is 22.5 Å². The number of hydrogen-bond acceptors (Lipinski definition) is 5. The number of methoxy groups -OCH3 is 2. The van der Waals surface area contributed by atoms with Crippen molar-refractivity contribution in [3.8, 4) is 11.5 Å². The molecule has 4 rings (SSSR count). The zero-order valence-corrected chi connectivity index (χ0v) is 15.9. The monoisotopic (exact) mass is 373 g/mol. The Labute approximate surface area is 157 Å². The summed E-state index contributed by atoms with van der Waals surface area (Å²) in [5, 5.41) is 1.94. The van der Waals surface area contributed by atoms with E-state index in [-0.39, 0.29) is 11.5 Å². The van der Waals surface area contributed by atoms with E-state index in [1.807, 2.05) is 22.4 Å². The van der Waals surface area contributed by atoms with Gasteiger partial charge in [0.1, 0.15) is 0 Å². The number of carbonyl (C=O) groups excluding carboxylic acids is 1. The zero-order valence-electron chi connectivity index (χ0n) is 15.1. The molecule has 3 heterocycles. The van der Waals surface area contributed by atoms with Gasteiger partial charge >= 0.3 is 0 Å². The lowest BCUT2D eigenvalue weighted by molar-refractivity contribution is -0.0936. The van der Waals surface area contributed by atoms with Gasteiger partial charge in [-0.15, -0.1) is 11.3 Å². The molecule has 26 heavy (non-hydrogen) atoms. The maximum absolute atomic E-state index is 12.6. The molecule has 0 bridgehead atoms. The van der Waals surface area contributed by atoms with Gasteiger partial charge in [-0.25, -0.2) is 0 Å². The van der Waals surface area contributed by atoms with Crippen molar-refractivity contribution in [1.82, 2.24) is 4.90 Å². The number of amides is 1. The van der Waals surface area contributed by atoms with E-state index in [0.29, 0.717) is 19.7 Å². The maximum Gasteiger partial charge on any atom is 0.263 e. The number of benzene rings is 1. The van der Waals surface area contributed by atoms with Gasteiger partial charge in [-0.2, -0.15) is 0 Å². The van der Waals surface area contributed by atoms with Crippen LogP contribution < -0.4 is 9.47 Å². The number of likely N-dealkylation sites (tertiary alicyclic amines) is 1. The first-order valence-corrected chi connectivity index (χ1v) is 9.77. The Morgan fingerprint density at radius 1 is 1.19 bits per heavy atom. The minimum Gasteiger partial charge on any atom is -0.493 e. The van der Waals surface area contributed by atoms with Crippen LogP contribution in [0.4, 0.5) is 0 Å². The lowest BCUT2D eigenvalue weighted by Crippen LogP contribution is -2.48. The predicted molar refractivity (Wildman–Crippen MR) is 100 cm³/mol. The molecule has 1 spiro atoms. The first kappa shape index (κ1) is 17.4. The molecule has 1 fully saturated rings. The van der Waals surface area contributed by atoms with Crippen LogP contribution in [0.1, 0.15) is 33.6 Å². The highest BCUT2D eigenvalue weighted by Crippen LogP contribution is 2.45. The summed E-state index contributed by atoms with van der Waals surface area (Å²) in [6.45, 7) is 2.09. The Hall–Kier alpha value is -2.05. The highest BCUT2D eigenvalue weighted by molar-refractivity contribution is 7.12. The van der Waals surface area contributed by atoms with Crippen LogP contribution in [0.2, 0.25) is 0 Å².